The van der Waals surface area contributed by atoms with E-state index in [0.29, 0.717) is 81.7 Å². The highest BCUT2D eigenvalue weighted by Gasteiger charge is 2.26. The Morgan fingerprint density at radius 1 is 0.741 bits per heavy atom. The highest BCUT2D eigenvalue weighted by atomic mass is 32.1. The van der Waals surface area contributed by atoms with Gasteiger partial charge in [0.2, 0.25) is 0 Å². The standard InChI is InChI=1S/2C18H15N5O3S/c2*1-18(25,17-20-10-21-27-17)5-4-11-2-3-14-12(8-11)16-22-13(15(19)24)9-23(16)6-7-26-14/h2*2-3,8-10,25H,6-7H2,1H3,(H2,19,24)/t2*18-/m10/s1. The maximum Gasteiger partial charge on any atom is 0.268 e. The van der Waals surface area contributed by atoms with E-state index in [1.807, 2.05) is 21.3 Å². The van der Waals surface area contributed by atoms with Crippen LogP contribution < -0.4 is 20.9 Å². The molecule has 18 heteroatoms. The lowest BCUT2D eigenvalue weighted by atomic mass is 10.1. The van der Waals surface area contributed by atoms with E-state index in [1.54, 1.807) is 50.5 Å². The summed E-state index contributed by atoms with van der Waals surface area (Å²) in [6.07, 6.45) is 6.00. The molecule has 8 rings (SSSR count). The average Bonchev–Trinajstić information content (AvgIpc) is 3.98. The lowest BCUT2D eigenvalue weighted by Crippen LogP contribution is -2.17. The van der Waals surface area contributed by atoms with Gasteiger partial charge in [-0.2, -0.15) is 8.75 Å². The summed E-state index contributed by atoms with van der Waals surface area (Å²) >= 11 is 2.19. The van der Waals surface area contributed by atoms with Crippen molar-refractivity contribution in [3.63, 3.8) is 0 Å². The van der Waals surface area contributed by atoms with Crippen molar-refractivity contribution in [2.75, 3.05) is 13.2 Å². The maximum atomic E-state index is 11.5. The van der Waals surface area contributed by atoms with E-state index in [9.17, 15) is 19.8 Å². The van der Waals surface area contributed by atoms with Crippen LogP contribution >= 0.6 is 23.1 Å². The molecule has 2 atom stereocenters. The Labute approximate surface area is 315 Å². The van der Waals surface area contributed by atoms with Gasteiger partial charge in [-0.3, -0.25) is 9.59 Å². The molecule has 0 aliphatic carbocycles. The maximum absolute atomic E-state index is 11.5. The predicted molar refractivity (Wildman–Crippen MR) is 196 cm³/mol. The largest absolute Gasteiger partial charge is 0.491 e. The van der Waals surface area contributed by atoms with Crippen LogP contribution in [0.2, 0.25) is 0 Å². The van der Waals surface area contributed by atoms with Crippen molar-refractivity contribution in [2.45, 2.75) is 38.1 Å². The third-order valence-electron chi connectivity index (χ3n) is 8.13. The fraction of sp³-hybridized carbons (Fsp3) is 0.222. The van der Waals surface area contributed by atoms with E-state index in [4.69, 9.17) is 20.9 Å². The number of carbonyl (C=O) groups is 2. The van der Waals surface area contributed by atoms with Gasteiger partial charge >= 0.3 is 0 Å². The third kappa shape index (κ3) is 7.54. The molecule has 2 amide bonds. The molecule has 2 aliphatic rings. The van der Waals surface area contributed by atoms with Gasteiger partial charge in [-0.1, -0.05) is 23.7 Å². The molecule has 54 heavy (non-hydrogen) atoms. The molecule has 6 aromatic rings. The number of amides is 2. The first-order chi connectivity index (χ1) is 25.9. The number of nitrogens with two attached hydrogens (primary N) is 2. The first-order valence-corrected chi connectivity index (χ1v) is 17.8. The van der Waals surface area contributed by atoms with Gasteiger partial charge in [0.05, 0.1) is 24.2 Å². The number of hydrogen-bond donors (Lipinski definition) is 4. The number of aromatic nitrogens is 8. The van der Waals surface area contributed by atoms with E-state index in [-0.39, 0.29) is 11.4 Å². The summed E-state index contributed by atoms with van der Waals surface area (Å²) in [5.41, 5.74) is 11.1. The van der Waals surface area contributed by atoms with Gasteiger partial charge in [0.25, 0.3) is 11.8 Å². The SMILES string of the molecule is C[C@@](O)(C#Cc1ccc2c(c1)-c1nc(C(N)=O)cn1CCO2)c1ncns1.C[C@](O)(C#Cc1ccc2c(c1)-c1nc(C(N)=O)cn1CCO2)c1ncns1. The van der Waals surface area contributed by atoms with Gasteiger partial charge < -0.3 is 40.3 Å². The van der Waals surface area contributed by atoms with E-state index in [1.165, 1.54) is 12.7 Å². The summed E-state index contributed by atoms with van der Waals surface area (Å²) in [4.78, 5) is 39.6. The molecule has 0 unspecified atom stereocenters. The number of carbonyl (C=O) groups excluding carboxylic acids is 2. The molecule has 6 heterocycles. The molecule has 16 nitrogen and oxygen atoms in total. The zero-order valence-corrected chi connectivity index (χ0v) is 30.3. The Bertz CT molecular complexity index is 2330. The molecule has 272 valence electrons. The van der Waals surface area contributed by atoms with Crippen LogP contribution in [0.4, 0.5) is 0 Å². The molecule has 0 radical (unpaired) electrons. The summed E-state index contributed by atoms with van der Waals surface area (Å²) in [5, 5.41) is 21.8. The molecule has 2 aromatic carbocycles. The van der Waals surface area contributed by atoms with Gasteiger partial charge in [0.15, 0.2) is 21.2 Å². The minimum Gasteiger partial charge on any atom is -0.491 e. The number of aliphatic hydroxyl groups is 2. The fourth-order valence-electron chi connectivity index (χ4n) is 5.43. The van der Waals surface area contributed by atoms with Crippen LogP contribution in [0.1, 0.15) is 56.0 Å². The minimum absolute atomic E-state index is 0.202. The zero-order valence-electron chi connectivity index (χ0n) is 28.7. The molecule has 0 saturated heterocycles. The van der Waals surface area contributed by atoms with Gasteiger partial charge in [-0.05, 0) is 73.3 Å². The Hall–Kier alpha value is -6.44. The van der Waals surface area contributed by atoms with Crippen LogP contribution in [0.5, 0.6) is 11.5 Å². The van der Waals surface area contributed by atoms with Crippen LogP contribution in [0.3, 0.4) is 0 Å². The lowest BCUT2D eigenvalue weighted by Gasteiger charge is -2.11. The number of fused-ring (bicyclic) bond motifs is 6. The first kappa shape index (κ1) is 35.9. The minimum atomic E-state index is -1.40. The Kier molecular flexibility index (Phi) is 9.67. The van der Waals surface area contributed by atoms with Crippen molar-refractivity contribution in [3.8, 4) is 58.0 Å². The highest BCUT2D eigenvalue weighted by molar-refractivity contribution is 7.05. The van der Waals surface area contributed by atoms with Crippen molar-refractivity contribution in [1.29, 1.82) is 0 Å². The summed E-state index contributed by atoms with van der Waals surface area (Å²) in [5.74, 6) is 12.9. The van der Waals surface area contributed by atoms with Gasteiger partial charge in [0.1, 0.15) is 60.4 Å². The lowest BCUT2D eigenvalue weighted by molar-refractivity contribution is 0.0987. The van der Waals surface area contributed by atoms with E-state index in [0.717, 1.165) is 23.1 Å². The number of ether oxygens (including phenoxy) is 2. The van der Waals surface area contributed by atoms with Crippen LogP contribution in [0.25, 0.3) is 22.8 Å². The van der Waals surface area contributed by atoms with E-state index < -0.39 is 23.0 Å². The highest BCUT2D eigenvalue weighted by Crippen LogP contribution is 2.34. The first-order valence-electron chi connectivity index (χ1n) is 16.2. The molecule has 0 saturated carbocycles. The molecule has 2 aliphatic heterocycles. The average molecular weight is 763 g/mol. The van der Waals surface area contributed by atoms with Crippen molar-refractivity contribution >= 4 is 34.9 Å². The van der Waals surface area contributed by atoms with Gasteiger partial charge in [-0.25, -0.2) is 19.9 Å². The summed E-state index contributed by atoms with van der Waals surface area (Å²) in [6, 6.07) is 10.8. The molecule has 0 bridgehead atoms. The number of hydrogen-bond acceptors (Lipinski definition) is 14. The van der Waals surface area contributed by atoms with Crippen molar-refractivity contribution in [1.82, 2.24) is 37.8 Å². The number of imidazole rings is 2. The molecule has 6 N–H and O–H groups in total. The van der Waals surface area contributed by atoms with Crippen LogP contribution in [-0.4, -0.2) is 73.1 Å². The van der Waals surface area contributed by atoms with Crippen molar-refractivity contribution in [2.24, 2.45) is 11.5 Å². The van der Waals surface area contributed by atoms with Crippen molar-refractivity contribution in [3.05, 3.63) is 94.0 Å². The molecular formula is C36H30N10O6S2. The molecule has 4 aromatic heterocycles. The second-order valence-electron chi connectivity index (χ2n) is 12.3. The van der Waals surface area contributed by atoms with Crippen LogP contribution in [0, 0.1) is 23.7 Å². The Morgan fingerprint density at radius 3 is 1.54 bits per heavy atom. The van der Waals surface area contributed by atoms with Gasteiger partial charge in [0, 0.05) is 23.5 Å². The summed E-state index contributed by atoms with van der Waals surface area (Å²) < 4.78 is 23.0. The van der Waals surface area contributed by atoms with Crippen LogP contribution in [0.15, 0.2) is 61.4 Å². The zero-order chi connectivity index (χ0) is 38.0. The van der Waals surface area contributed by atoms with Crippen LogP contribution in [-0.2, 0) is 24.3 Å². The number of nitrogens with zero attached hydrogens (tertiary/aromatic N) is 8. The van der Waals surface area contributed by atoms with E-state index >= 15 is 0 Å². The monoisotopic (exact) mass is 762 g/mol. The Balaban J connectivity index is 0.000000167. The second-order valence-corrected chi connectivity index (χ2v) is 13.8. The summed E-state index contributed by atoms with van der Waals surface area (Å²) in [6.45, 7) is 5.14. The molecular weight excluding hydrogens is 733 g/mol. The van der Waals surface area contributed by atoms with E-state index in [2.05, 4.69) is 52.4 Å². The Morgan fingerprint density at radius 2 is 1.17 bits per heavy atom. The topological polar surface area (TPSA) is 232 Å². The predicted octanol–water partition coefficient (Wildman–Crippen LogP) is 2.30. The molecule has 0 spiro atoms. The fourth-order valence-corrected chi connectivity index (χ4v) is 6.47. The summed E-state index contributed by atoms with van der Waals surface area (Å²) in [7, 11) is 0. The second kappa shape index (κ2) is 14.5. The van der Waals surface area contributed by atoms with Gasteiger partial charge in [-0.15, -0.1) is 0 Å². The molecule has 0 fully saturated rings. The quantitative estimate of drug-likeness (QED) is 0.190. The number of benzene rings is 2. The third-order valence-corrected chi connectivity index (χ3v) is 9.89. The van der Waals surface area contributed by atoms with Crippen molar-refractivity contribution < 1.29 is 29.3 Å². The number of primary amides is 2. The number of rotatable bonds is 4. The normalized spacial score (nSPS) is 14.6. The smallest absolute Gasteiger partial charge is 0.268 e.